The molecule has 1 atom stereocenters. The summed E-state index contributed by atoms with van der Waals surface area (Å²) in [4.78, 5) is 26.5. The monoisotopic (exact) mass is 424 g/mol. The minimum Gasteiger partial charge on any atom is -0.359 e. The van der Waals surface area contributed by atoms with Crippen molar-refractivity contribution in [3.63, 3.8) is 0 Å². The number of piperidine rings is 1. The van der Waals surface area contributed by atoms with Crippen molar-refractivity contribution in [1.29, 1.82) is 0 Å². The number of likely N-dealkylation sites (tertiary alicyclic amines) is 1. The quantitative estimate of drug-likeness (QED) is 0.274. The Balaban J connectivity index is 2.01. The van der Waals surface area contributed by atoms with E-state index in [0.717, 1.165) is 38.8 Å². The number of ether oxygens (including phenoxy) is 1. The van der Waals surface area contributed by atoms with Gasteiger partial charge in [-0.1, -0.05) is 90.9 Å². The Bertz CT molecular complexity index is 442. The molecule has 1 unspecified atom stereocenters. The maximum Gasteiger partial charge on any atom is 0.251 e. The summed E-state index contributed by atoms with van der Waals surface area (Å²) in [6.45, 7) is 6.81. The van der Waals surface area contributed by atoms with E-state index >= 15 is 0 Å². The van der Waals surface area contributed by atoms with E-state index < -0.39 is 6.10 Å². The van der Waals surface area contributed by atoms with Crippen molar-refractivity contribution < 1.29 is 14.3 Å². The summed E-state index contributed by atoms with van der Waals surface area (Å²) in [5.74, 6) is -0.0287. The first-order valence-electron chi connectivity index (χ1n) is 12.9. The summed E-state index contributed by atoms with van der Waals surface area (Å²) >= 11 is 0. The third-order valence-electron chi connectivity index (χ3n) is 6.03. The summed E-state index contributed by atoms with van der Waals surface area (Å²) in [5.41, 5.74) is 0. The Kier molecular flexibility index (Phi) is 16.7. The fraction of sp³-hybridized carbons (Fsp3) is 0.920. The van der Waals surface area contributed by atoms with Crippen LogP contribution in [0.1, 0.15) is 117 Å². The van der Waals surface area contributed by atoms with Crippen molar-refractivity contribution in [2.24, 2.45) is 0 Å². The van der Waals surface area contributed by atoms with Crippen molar-refractivity contribution in [3.8, 4) is 0 Å². The molecule has 0 radical (unpaired) electrons. The molecule has 5 nitrogen and oxygen atoms in total. The maximum atomic E-state index is 12.5. The van der Waals surface area contributed by atoms with Gasteiger partial charge in [-0.15, -0.1) is 0 Å². The Hall–Kier alpha value is -1.10. The molecule has 1 N–H and O–H groups in total. The highest BCUT2D eigenvalue weighted by atomic mass is 16.5. The van der Waals surface area contributed by atoms with Gasteiger partial charge in [0.1, 0.15) is 12.7 Å². The highest BCUT2D eigenvalue weighted by Crippen LogP contribution is 2.16. The van der Waals surface area contributed by atoms with Gasteiger partial charge in [-0.25, -0.2) is 0 Å². The van der Waals surface area contributed by atoms with Crippen molar-refractivity contribution in [1.82, 2.24) is 10.2 Å². The molecule has 1 fully saturated rings. The van der Waals surface area contributed by atoms with Gasteiger partial charge in [-0.3, -0.25) is 9.59 Å². The van der Waals surface area contributed by atoms with Gasteiger partial charge in [-0.05, 0) is 25.7 Å². The van der Waals surface area contributed by atoms with Crippen LogP contribution in [0.4, 0.5) is 0 Å². The summed E-state index contributed by atoms with van der Waals surface area (Å²) in [6.07, 6.45) is 18.8. The summed E-state index contributed by atoms with van der Waals surface area (Å²) < 4.78 is 5.66. The molecular formula is C25H48N2O3. The third-order valence-corrected chi connectivity index (χ3v) is 6.03. The lowest BCUT2D eigenvalue weighted by Gasteiger charge is -2.32. The van der Waals surface area contributed by atoms with Gasteiger partial charge in [0, 0.05) is 19.6 Å². The average molecular weight is 425 g/mol. The fourth-order valence-electron chi connectivity index (χ4n) is 4.08. The molecule has 1 saturated heterocycles. The molecular weight excluding hydrogens is 376 g/mol. The van der Waals surface area contributed by atoms with E-state index in [0.29, 0.717) is 6.54 Å². The molecule has 0 bridgehead atoms. The maximum absolute atomic E-state index is 12.5. The minimum atomic E-state index is -0.437. The minimum absolute atomic E-state index is 0.00214. The highest BCUT2D eigenvalue weighted by Gasteiger charge is 2.29. The molecule has 5 heteroatoms. The van der Waals surface area contributed by atoms with Crippen LogP contribution in [0, 0.1) is 0 Å². The van der Waals surface area contributed by atoms with E-state index in [2.05, 4.69) is 19.2 Å². The van der Waals surface area contributed by atoms with Crippen LogP contribution in [0.15, 0.2) is 0 Å². The zero-order valence-corrected chi connectivity index (χ0v) is 19.9. The van der Waals surface area contributed by atoms with E-state index in [1.54, 1.807) is 0 Å². The number of unbranched alkanes of at least 4 members (excludes halogenated alkanes) is 12. The number of carbonyl (C=O) groups is 2. The Morgan fingerprint density at radius 1 is 0.900 bits per heavy atom. The molecule has 176 valence electrons. The van der Waals surface area contributed by atoms with Gasteiger partial charge in [-0.2, -0.15) is 0 Å². The number of carbonyl (C=O) groups excluding carboxylic acids is 2. The van der Waals surface area contributed by atoms with E-state index in [-0.39, 0.29) is 18.4 Å². The van der Waals surface area contributed by atoms with E-state index in [4.69, 9.17) is 4.74 Å². The van der Waals surface area contributed by atoms with Crippen molar-refractivity contribution in [3.05, 3.63) is 0 Å². The predicted octanol–water partition coefficient (Wildman–Crippen LogP) is 5.61. The van der Waals surface area contributed by atoms with Crippen LogP contribution in [0.3, 0.4) is 0 Å². The first-order valence-corrected chi connectivity index (χ1v) is 12.9. The second-order valence-corrected chi connectivity index (χ2v) is 8.86. The summed E-state index contributed by atoms with van der Waals surface area (Å²) in [7, 11) is 0. The van der Waals surface area contributed by atoms with Crippen LogP contribution in [0.2, 0.25) is 0 Å². The number of nitrogens with one attached hydrogen (secondary N) is 1. The predicted molar refractivity (Wildman–Crippen MR) is 125 cm³/mol. The van der Waals surface area contributed by atoms with Gasteiger partial charge >= 0.3 is 0 Å². The number of amides is 2. The topological polar surface area (TPSA) is 58.6 Å². The first kappa shape index (κ1) is 26.9. The molecule has 0 aromatic rings. The molecule has 0 spiro atoms. The number of nitrogens with zero attached hydrogens (tertiary/aromatic N) is 1. The second kappa shape index (κ2) is 18.7. The first-order chi connectivity index (χ1) is 14.7. The highest BCUT2D eigenvalue weighted by molar-refractivity contribution is 5.82. The van der Waals surface area contributed by atoms with Crippen LogP contribution >= 0.6 is 0 Å². The average Bonchev–Trinajstić information content (AvgIpc) is 2.75. The molecule has 0 aliphatic carbocycles. The second-order valence-electron chi connectivity index (χ2n) is 8.86. The van der Waals surface area contributed by atoms with Crippen LogP contribution in [-0.4, -0.2) is 49.1 Å². The van der Waals surface area contributed by atoms with E-state index in [1.807, 2.05) is 4.90 Å². The summed E-state index contributed by atoms with van der Waals surface area (Å²) in [6, 6.07) is 0. The molecule has 0 saturated carbocycles. The van der Waals surface area contributed by atoms with Gasteiger partial charge in [0.15, 0.2) is 0 Å². The van der Waals surface area contributed by atoms with Gasteiger partial charge in [0.05, 0.1) is 0 Å². The smallest absolute Gasteiger partial charge is 0.251 e. The molecule has 0 aromatic carbocycles. The third kappa shape index (κ3) is 13.3. The number of hydrogen-bond donors (Lipinski definition) is 1. The normalized spacial score (nSPS) is 16.8. The fourth-order valence-corrected chi connectivity index (χ4v) is 4.08. The largest absolute Gasteiger partial charge is 0.359 e. The van der Waals surface area contributed by atoms with Crippen LogP contribution in [-0.2, 0) is 14.3 Å². The van der Waals surface area contributed by atoms with Crippen molar-refractivity contribution in [2.75, 3.05) is 26.2 Å². The molecule has 1 heterocycles. The molecule has 0 aromatic heterocycles. The zero-order valence-electron chi connectivity index (χ0n) is 19.9. The van der Waals surface area contributed by atoms with Crippen LogP contribution in [0.25, 0.3) is 0 Å². The van der Waals surface area contributed by atoms with E-state index in [1.165, 1.54) is 77.0 Å². The standard InChI is InChI=1S/C25H48N2O3/c1-3-5-7-9-10-11-12-13-14-15-19-26-24(28)22-30-23-18-17-21-27(25(23)29)20-16-8-6-4-2/h23H,3-22H2,1-2H3,(H,26,28). The van der Waals surface area contributed by atoms with Gasteiger partial charge < -0.3 is 15.0 Å². The van der Waals surface area contributed by atoms with Gasteiger partial charge in [0.25, 0.3) is 5.91 Å². The van der Waals surface area contributed by atoms with Gasteiger partial charge in [0.2, 0.25) is 5.91 Å². The molecule has 2 amide bonds. The van der Waals surface area contributed by atoms with Crippen molar-refractivity contribution >= 4 is 11.8 Å². The zero-order chi connectivity index (χ0) is 21.9. The molecule has 30 heavy (non-hydrogen) atoms. The number of hydrogen-bond acceptors (Lipinski definition) is 3. The van der Waals surface area contributed by atoms with Crippen molar-refractivity contribution in [2.45, 2.75) is 123 Å². The van der Waals surface area contributed by atoms with E-state index in [9.17, 15) is 9.59 Å². The van der Waals surface area contributed by atoms with Crippen LogP contribution < -0.4 is 5.32 Å². The lowest BCUT2D eigenvalue weighted by atomic mass is 10.1. The summed E-state index contributed by atoms with van der Waals surface area (Å²) in [5, 5.41) is 2.93. The van der Waals surface area contributed by atoms with Crippen LogP contribution in [0.5, 0.6) is 0 Å². The lowest BCUT2D eigenvalue weighted by molar-refractivity contribution is -0.150. The Labute approximate surface area is 185 Å². The number of rotatable bonds is 19. The molecule has 1 aliphatic heterocycles. The molecule has 1 rings (SSSR count). The lowest BCUT2D eigenvalue weighted by Crippen LogP contribution is -2.46. The Morgan fingerprint density at radius 2 is 1.47 bits per heavy atom. The SMILES string of the molecule is CCCCCCCCCCCCNC(=O)COC1CCCN(CCCCCC)C1=O. The Morgan fingerprint density at radius 3 is 2.10 bits per heavy atom. The molecule has 1 aliphatic rings.